The van der Waals surface area contributed by atoms with Gasteiger partial charge in [-0.25, -0.2) is 4.79 Å². The number of methoxy groups -OCH3 is 1. The zero-order valence-corrected chi connectivity index (χ0v) is 11.6. The van der Waals surface area contributed by atoms with Gasteiger partial charge in [0.05, 0.1) is 25.9 Å². The van der Waals surface area contributed by atoms with Crippen molar-refractivity contribution in [1.29, 1.82) is 0 Å². The van der Waals surface area contributed by atoms with Crippen LogP contribution in [0.5, 0.6) is 0 Å². The number of esters is 1. The fourth-order valence-electron chi connectivity index (χ4n) is 2.59. The lowest BCUT2D eigenvalue weighted by atomic mass is 9.92. The molecule has 4 heteroatoms. The van der Waals surface area contributed by atoms with Gasteiger partial charge in [0.2, 0.25) is 0 Å². The average Bonchev–Trinajstić information content (AvgIpc) is 2.72. The van der Waals surface area contributed by atoms with Crippen LogP contribution < -0.4 is 0 Å². The highest BCUT2D eigenvalue weighted by Crippen LogP contribution is 2.33. The summed E-state index contributed by atoms with van der Waals surface area (Å²) in [5, 5.41) is 0. The van der Waals surface area contributed by atoms with Gasteiger partial charge < -0.3 is 9.47 Å². The number of benzene rings is 2. The minimum absolute atomic E-state index is 0.379. The summed E-state index contributed by atoms with van der Waals surface area (Å²) in [6, 6.07) is 10.9. The van der Waals surface area contributed by atoms with Crippen LogP contribution >= 0.6 is 0 Å². The fraction of sp³-hybridized carbons (Fsp3) is 0.176. The first kappa shape index (κ1) is 13.5. The zero-order valence-electron chi connectivity index (χ0n) is 11.6. The Kier molecular flexibility index (Phi) is 3.54. The molecule has 0 saturated carbocycles. The first-order valence-corrected chi connectivity index (χ1v) is 6.61. The molecule has 1 aliphatic heterocycles. The quantitative estimate of drug-likeness (QED) is 0.627. The summed E-state index contributed by atoms with van der Waals surface area (Å²) in [6.07, 6.45) is 0.831. The predicted octanol–water partition coefficient (Wildman–Crippen LogP) is 2.98. The average molecular weight is 282 g/mol. The Balaban J connectivity index is 2.22. The molecule has 1 heterocycles. The lowest BCUT2D eigenvalue weighted by Gasteiger charge is -2.11. The van der Waals surface area contributed by atoms with Gasteiger partial charge in [-0.05, 0) is 34.4 Å². The van der Waals surface area contributed by atoms with Crippen molar-refractivity contribution in [3.05, 3.63) is 58.7 Å². The monoisotopic (exact) mass is 282 g/mol. The second kappa shape index (κ2) is 5.50. The Morgan fingerprint density at radius 1 is 1.19 bits per heavy atom. The second-order valence-electron chi connectivity index (χ2n) is 4.85. The molecule has 4 nitrogen and oxygen atoms in total. The highest BCUT2D eigenvalue weighted by molar-refractivity contribution is 5.92. The number of ether oxygens (including phenoxy) is 2. The highest BCUT2D eigenvalue weighted by Gasteiger charge is 2.19. The molecule has 0 N–H and O–H groups in total. The number of rotatable bonds is 2. The summed E-state index contributed by atoms with van der Waals surface area (Å²) >= 11 is 0. The molecule has 0 amide bonds. The number of aldehydes is 1. The Morgan fingerprint density at radius 3 is 2.81 bits per heavy atom. The third-order valence-corrected chi connectivity index (χ3v) is 3.66. The van der Waals surface area contributed by atoms with Gasteiger partial charge in [-0.1, -0.05) is 24.3 Å². The summed E-state index contributed by atoms with van der Waals surface area (Å²) < 4.78 is 10.4. The Labute approximate surface area is 122 Å². The van der Waals surface area contributed by atoms with E-state index < -0.39 is 0 Å². The SMILES string of the molecule is COC(=O)c1ccc2c(c1)-c1cccc(C=O)c1COC2. The minimum Gasteiger partial charge on any atom is -0.465 e. The first-order chi connectivity index (χ1) is 10.2. The van der Waals surface area contributed by atoms with Crippen LogP contribution in [0.15, 0.2) is 36.4 Å². The molecular formula is C17H14O4. The molecule has 1 aliphatic rings. The van der Waals surface area contributed by atoms with Gasteiger partial charge in [-0.3, -0.25) is 4.79 Å². The van der Waals surface area contributed by atoms with E-state index in [0.29, 0.717) is 24.3 Å². The normalized spacial score (nSPS) is 12.8. The van der Waals surface area contributed by atoms with Gasteiger partial charge in [0.1, 0.15) is 6.29 Å². The minimum atomic E-state index is -0.379. The van der Waals surface area contributed by atoms with Crippen LogP contribution in [-0.2, 0) is 22.7 Å². The maximum atomic E-state index is 11.7. The van der Waals surface area contributed by atoms with Crippen LogP contribution in [0.1, 0.15) is 31.8 Å². The van der Waals surface area contributed by atoms with Crippen LogP contribution in [-0.4, -0.2) is 19.4 Å². The summed E-state index contributed by atoms with van der Waals surface area (Å²) in [7, 11) is 1.36. The van der Waals surface area contributed by atoms with Gasteiger partial charge in [0.15, 0.2) is 0 Å². The molecule has 2 aromatic carbocycles. The molecule has 0 spiro atoms. The van der Waals surface area contributed by atoms with Crippen LogP contribution in [0.2, 0.25) is 0 Å². The van der Waals surface area contributed by atoms with Crippen molar-refractivity contribution in [2.45, 2.75) is 13.2 Å². The van der Waals surface area contributed by atoms with Gasteiger partial charge >= 0.3 is 5.97 Å². The van der Waals surface area contributed by atoms with E-state index in [-0.39, 0.29) is 5.97 Å². The standard InChI is InChI=1S/C17H14O4/c1-20-17(19)11-5-6-13-9-21-10-16-12(8-18)3-2-4-14(16)15(13)7-11/h2-8H,9-10H2,1H3. The van der Waals surface area contributed by atoms with Crippen molar-refractivity contribution < 1.29 is 19.1 Å². The van der Waals surface area contributed by atoms with Crippen molar-refractivity contribution in [2.75, 3.05) is 7.11 Å². The van der Waals surface area contributed by atoms with Crippen molar-refractivity contribution in [1.82, 2.24) is 0 Å². The second-order valence-corrected chi connectivity index (χ2v) is 4.85. The van der Waals surface area contributed by atoms with E-state index in [0.717, 1.165) is 28.5 Å². The number of hydrogen-bond donors (Lipinski definition) is 0. The largest absolute Gasteiger partial charge is 0.465 e. The molecule has 2 aromatic rings. The highest BCUT2D eigenvalue weighted by atomic mass is 16.5. The van der Waals surface area contributed by atoms with E-state index in [4.69, 9.17) is 9.47 Å². The zero-order chi connectivity index (χ0) is 14.8. The van der Waals surface area contributed by atoms with Crippen LogP contribution in [0.25, 0.3) is 11.1 Å². The first-order valence-electron chi connectivity index (χ1n) is 6.61. The third-order valence-electron chi connectivity index (χ3n) is 3.66. The van der Waals surface area contributed by atoms with Crippen molar-refractivity contribution in [3.63, 3.8) is 0 Å². The molecular weight excluding hydrogens is 268 g/mol. The number of fused-ring (bicyclic) bond motifs is 3. The molecule has 106 valence electrons. The maximum absolute atomic E-state index is 11.7. The van der Waals surface area contributed by atoms with E-state index in [9.17, 15) is 9.59 Å². The van der Waals surface area contributed by atoms with E-state index in [1.165, 1.54) is 7.11 Å². The van der Waals surface area contributed by atoms with Crippen molar-refractivity contribution in [2.24, 2.45) is 0 Å². The lowest BCUT2D eigenvalue weighted by molar-refractivity contribution is 0.0600. The molecule has 21 heavy (non-hydrogen) atoms. The number of carbonyl (C=O) groups is 2. The maximum Gasteiger partial charge on any atom is 0.337 e. The van der Waals surface area contributed by atoms with Gasteiger partial charge in [0, 0.05) is 5.56 Å². The van der Waals surface area contributed by atoms with Crippen LogP contribution in [0, 0.1) is 0 Å². The van der Waals surface area contributed by atoms with Crippen molar-refractivity contribution >= 4 is 12.3 Å². The molecule has 0 aliphatic carbocycles. The topological polar surface area (TPSA) is 52.6 Å². The van der Waals surface area contributed by atoms with Gasteiger partial charge in [0.25, 0.3) is 0 Å². The summed E-state index contributed by atoms with van der Waals surface area (Å²) in [6.45, 7) is 0.830. The molecule has 0 bridgehead atoms. The Morgan fingerprint density at radius 2 is 2.05 bits per heavy atom. The number of carbonyl (C=O) groups excluding carboxylic acids is 2. The molecule has 0 atom stereocenters. The summed E-state index contributed by atoms with van der Waals surface area (Å²) in [4.78, 5) is 22.9. The van der Waals surface area contributed by atoms with E-state index in [1.807, 2.05) is 18.2 Å². The molecule has 0 radical (unpaired) electrons. The fourth-order valence-corrected chi connectivity index (χ4v) is 2.59. The van der Waals surface area contributed by atoms with Gasteiger partial charge in [-0.15, -0.1) is 0 Å². The van der Waals surface area contributed by atoms with Crippen LogP contribution in [0.4, 0.5) is 0 Å². The Hall–Kier alpha value is -2.46. The molecule has 0 fully saturated rings. The smallest absolute Gasteiger partial charge is 0.337 e. The molecule has 0 unspecified atom stereocenters. The van der Waals surface area contributed by atoms with E-state index in [1.54, 1.807) is 18.2 Å². The van der Waals surface area contributed by atoms with E-state index >= 15 is 0 Å². The Bertz CT molecular complexity index is 719. The molecule has 0 saturated heterocycles. The summed E-state index contributed by atoms with van der Waals surface area (Å²) in [5.74, 6) is -0.379. The predicted molar refractivity (Wildman–Crippen MR) is 77.1 cm³/mol. The molecule has 3 rings (SSSR count). The van der Waals surface area contributed by atoms with Crippen LogP contribution in [0.3, 0.4) is 0 Å². The lowest BCUT2D eigenvalue weighted by Crippen LogP contribution is -2.02. The summed E-state index contributed by atoms with van der Waals surface area (Å²) in [5.41, 5.74) is 4.79. The third kappa shape index (κ3) is 2.34. The number of hydrogen-bond acceptors (Lipinski definition) is 4. The molecule has 0 aromatic heterocycles. The van der Waals surface area contributed by atoms with Crippen molar-refractivity contribution in [3.8, 4) is 11.1 Å². The van der Waals surface area contributed by atoms with Gasteiger partial charge in [-0.2, -0.15) is 0 Å². The van der Waals surface area contributed by atoms with E-state index in [2.05, 4.69) is 0 Å².